The van der Waals surface area contributed by atoms with E-state index in [1.165, 1.54) is 12.1 Å². The van der Waals surface area contributed by atoms with Gasteiger partial charge in [-0.2, -0.15) is 13.2 Å². The van der Waals surface area contributed by atoms with Gasteiger partial charge in [-0.25, -0.2) is 0 Å². The van der Waals surface area contributed by atoms with Gasteiger partial charge in [-0.1, -0.05) is 31.7 Å². The van der Waals surface area contributed by atoms with Crippen molar-refractivity contribution < 1.29 is 18.0 Å². The maximum atomic E-state index is 14.5. The minimum Gasteiger partial charge on any atom is -0.363 e. The van der Waals surface area contributed by atoms with Crippen LogP contribution in [-0.4, -0.2) is 56.7 Å². The maximum Gasteiger partial charge on any atom is 0.416 e. The molecule has 0 radical (unpaired) electrons. The summed E-state index contributed by atoms with van der Waals surface area (Å²) in [6, 6.07) is 11.5. The second-order valence-electron chi connectivity index (χ2n) is 13.8. The standard InChI is InChI=1S/C34H39F3N6O/c1-5-30(44)43-19-32(20-43)9-10-41(18-32)23(3)24-11-25-16-42(17-28(25)29(12-24)34(35,36)37)27-8-6-7-26(13-27)33(14-22(2)15-33)31-39-38-21-40(31)4/h5-8,11-13,21-23H,1,9-10,14-20H2,2-4H3/t22?,23-,33?/m1/s1. The summed E-state index contributed by atoms with van der Waals surface area (Å²) in [4.78, 5) is 18.1. The fourth-order valence-electron chi connectivity index (χ4n) is 8.43. The van der Waals surface area contributed by atoms with Crippen molar-refractivity contribution in [3.63, 3.8) is 0 Å². The summed E-state index contributed by atoms with van der Waals surface area (Å²) in [5.41, 5.74) is 3.13. The Labute approximate surface area is 256 Å². The van der Waals surface area contributed by atoms with Gasteiger partial charge < -0.3 is 14.4 Å². The summed E-state index contributed by atoms with van der Waals surface area (Å²) >= 11 is 0. The van der Waals surface area contributed by atoms with Crippen molar-refractivity contribution in [1.29, 1.82) is 0 Å². The summed E-state index contributed by atoms with van der Waals surface area (Å²) in [5.74, 6) is 1.43. The van der Waals surface area contributed by atoms with Crippen LogP contribution in [0.2, 0.25) is 0 Å². The van der Waals surface area contributed by atoms with E-state index in [0.717, 1.165) is 55.0 Å². The van der Waals surface area contributed by atoms with Crippen molar-refractivity contribution in [2.45, 2.75) is 63.8 Å². The SMILES string of the molecule is C=CC(=O)N1CC2(CCN([C@H](C)c3cc4c(c(C(F)(F)F)c3)CN(c3cccc(C5(c6nncn6C)CC(C)C5)c3)C4)C2)C1. The zero-order valence-corrected chi connectivity index (χ0v) is 25.6. The first kappa shape index (κ1) is 29.1. The monoisotopic (exact) mass is 604 g/mol. The van der Waals surface area contributed by atoms with Crippen LogP contribution in [-0.2, 0) is 36.5 Å². The number of aromatic nitrogens is 3. The molecule has 3 aliphatic heterocycles. The molecule has 2 saturated heterocycles. The van der Waals surface area contributed by atoms with Crippen molar-refractivity contribution in [3.8, 4) is 0 Å². The Morgan fingerprint density at radius 1 is 1.14 bits per heavy atom. The number of rotatable bonds is 6. The predicted octanol–water partition coefficient (Wildman–Crippen LogP) is 5.85. The number of aryl methyl sites for hydroxylation is 1. The predicted molar refractivity (Wildman–Crippen MR) is 162 cm³/mol. The number of amides is 1. The molecule has 7 nitrogen and oxygen atoms in total. The molecule has 0 N–H and O–H groups in total. The van der Waals surface area contributed by atoms with Gasteiger partial charge in [-0.05, 0) is 85.2 Å². The van der Waals surface area contributed by atoms with Crippen LogP contribution in [0.5, 0.6) is 0 Å². The Balaban J connectivity index is 1.14. The normalized spacial score (nSPS) is 25.1. The molecule has 1 amide bonds. The average molecular weight is 605 g/mol. The number of alkyl halides is 3. The van der Waals surface area contributed by atoms with Gasteiger partial charge in [0, 0.05) is 56.9 Å². The molecule has 0 unspecified atom stereocenters. The van der Waals surface area contributed by atoms with Gasteiger partial charge in [0.05, 0.1) is 11.0 Å². The lowest BCUT2D eigenvalue weighted by atomic mass is 9.58. The molecule has 232 valence electrons. The molecule has 2 aromatic carbocycles. The van der Waals surface area contributed by atoms with E-state index in [1.54, 1.807) is 11.2 Å². The van der Waals surface area contributed by atoms with Crippen molar-refractivity contribution in [2.24, 2.45) is 18.4 Å². The van der Waals surface area contributed by atoms with E-state index in [4.69, 9.17) is 0 Å². The molecule has 1 atom stereocenters. The van der Waals surface area contributed by atoms with E-state index in [1.807, 2.05) is 36.7 Å². The maximum absolute atomic E-state index is 14.5. The summed E-state index contributed by atoms with van der Waals surface area (Å²) in [6.45, 7) is 11.4. The second-order valence-corrected chi connectivity index (χ2v) is 13.8. The summed E-state index contributed by atoms with van der Waals surface area (Å²) in [7, 11) is 1.96. The quantitative estimate of drug-likeness (QED) is 0.331. The molecule has 1 spiro atoms. The molecule has 7 rings (SSSR count). The highest BCUT2D eigenvalue weighted by molar-refractivity contribution is 5.87. The third kappa shape index (κ3) is 4.64. The highest BCUT2D eigenvalue weighted by atomic mass is 19.4. The highest BCUT2D eigenvalue weighted by Crippen LogP contribution is 2.52. The fraction of sp³-hybridized carbons (Fsp3) is 0.500. The van der Waals surface area contributed by atoms with Gasteiger partial charge in [0.1, 0.15) is 12.2 Å². The first-order valence-corrected chi connectivity index (χ1v) is 15.5. The molecular weight excluding hydrogens is 565 g/mol. The number of anilines is 1. The van der Waals surface area contributed by atoms with E-state index in [2.05, 4.69) is 45.6 Å². The van der Waals surface area contributed by atoms with E-state index in [0.29, 0.717) is 36.7 Å². The molecule has 1 saturated carbocycles. The molecule has 0 bridgehead atoms. The number of carbonyl (C=O) groups excluding carboxylic acids is 1. The van der Waals surface area contributed by atoms with Gasteiger partial charge in [-0.3, -0.25) is 9.69 Å². The molecule has 44 heavy (non-hydrogen) atoms. The molecule has 3 fully saturated rings. The second kappa shape index (κ2) is 10.2. The van der Waals surface area contributed by atoms with Crippen LogP contribution < -0.4 is 4.90 Å². The van der Waals surface area contributed by atoms with E-state index >= 15 is 0 Å². The van der Waals surface area contributed by atoms with E-state index < -0.39 is 11.7 Å². The van der Waals surface area contributed by atoms with Crippen LogP contribution >= 0.6 is 0 Å². The Hall–Kier alpha value is -3.66. The Bertz CT molecular complexity index is 1620. The van der Waals surface area contributed by atoms with Crippen LogP contribution in [0.1, 0.15) is 72.8 Å². The number of carbonyl (C=O) groups is 1. The van der Waals surface area contributed by atoms with Gasteiger partial charge in [-0.15, -0.1) is 10.2 Å². The number of benzene rings is 2. The number of nitrogens with zero attached hydrogens (tertiary/aromatic N) is 6. The van der Waals surface area contributed by atoms with Crippen LogP contribution in [0, 0.1) is 11.3 Å². The molecule has 4 heterocycles. The smallest absolute Gasteiger partial charge is 0.363 e. The number of halogens is 3. The fourth-order valence-corrected chi connectivity index (χ4v) is 8.43. The largest absolute Gasteiger partial charge is 0.416 e. The minimum atomic E-state index is -4.44. The number of hydrogen-bond acceptors (Lipinski definition) is 5. The summed E-state index contributed by atoms with van der Waals surface area (Å²) in [5, 5.41) is 8.59. The zero-order chi connectivity index (χ0) is 31.0. The number of likely N-dealkylation sites (tertiary alicyclic amines) is 2. The number of hydrogen-bond donors (Lipinski definition) is 0. The number of fused-ring (bicyclic) bond motifs is 1. The third-order valence-corrected chi connectivity index (χ3v) is 10.7. The van der Waals surface area contributed by atoms with Gasteiger partial charge >= 0.3 is 6.18 Å². The molecule has 3 aromatic rings. The van der Waals surface area contributed by atoms with Gasteiger partial charge in [0.25, 0.3) is 0 Å². The highest BCUT2D eigenvalue weighted by Gasteiger charge is 2.50. The van der Waals surface area contributed by atoms with Crippen LogP contribution in [0.3, 0.4) is 0 Å². The molecule has 10 heteroatoms. The Morgan fingerprint density at radius 2 is 1.91 bits per heavy atom. The molecular formula is C34H39F3N6O. The first-order valence-electron chi connectivity index (χ1n) is 15.5. The zero-order valence-electron chi connectivity index (χ0n) is 25.6. The first-order chi connectivity index (χ1) is 20.9. The van der Waals surface area contributed by atoms with Crippen LogP contribution in [0.4, 0.5) is 18.9 Å². The van der Waals surface area contributed by atoms with Crippen LogP contribution in [0.15, 0.2) is 55.4 Å². The average Bonchev–Trinajstić information content (AvgIpc) is 3.71. The van der Waals surface area contributed by atoms with E-state index in [-0.39, 0.29) is 29.3 Å². The lowest BCUT2D eigenvalue weighted by Gasteiger charge is -2.48. The summed E-state index contributed by atoms with van der Waals surface area (Å²) < 4.78 is 45.6. The van der Waals surface area contributed by atoms with Crippen LogP contribution in [0.25, 0.3) is 0 Å². The van der Waals surface area contributed by atoms with Gasteiger partial charge in [0.2, 0.25) is 5.91 Å². The van der Waals surface area contributed by atoms with Gasteiger partial charge in [0.15, 0.2) is 0 Å². The third-order valence-electron chi connectivity index (χ3n) is 10.7. The topological polar surface area (TPSA) is 57.5 Å². The van der Waals surface area contributed by atoms with Crippen molar-refractivity contribution in [3.05, 3.63) is 89.0 Å². The lowest BCUT2D eigenvalue weighted by Crippen LogP contribution is -2.59. The Kier molecular flexibility index (Phi) is 6.73. The summed E-state index contributed by atoms with van der Waals surface area (Å²) in [6.07, 6.45) is 1.49. The molecule has 4 aliphatic rings. The van der Waals surface area contributed by atoms with Crippen molar-refractivity contribution in [2.75, 3.05) is 31.1 Å². The Morgan fingerprint density at radius 3 is 2.57 bits per heavy atom. The van der Waals surface area contributed by atoms with E-state index in [9.17, 15) is 18.0 Å². The minimum absolute atomic E-state index is 0.0267. The van der Waals surface area contributed by atoms with Crippen molar-refractivity contribution >= 4 is 11.6 Å². The lowest BCUT2D eigenvalue weighted by molar-refractivity contribution is -0.138. The molecule has 1 aromatic heterocycles. The van der Waals surface area contributed by atoms with Crippen molar-refractivity contribution in [1.82, 2.24) is 24.6 Å². The molecule has 1 aliphatic carbocycles.